The molecule has 2 aliphatic rings. The number of carbonyl (C=O) groups is 1. The van der Waals surface area contributed by atoms with E-state index >= 15 is 0 Å². The Labute approximate surface area is 168 Å². The molecule has 2 fully saturated rings. The second kappa shape index (κ2) is 9.35. The van der Waals surface area contributed by atoms with Gasteiger partial charge in [0.15, 0.2) is 6.54 Å². The number of hydrogen-bond acceptors (Lipinski definition) is 4. The van der Waals surface area contributed by atoms with Crippen molar-refractivity contribution in [3.63, 3.8) is 0 Å². The molecule has 0 spiro atoms. The van der Waals surface area contributed by atoms with E-state index in [1.807, 2.05) is 13.8 Å². The van der Waals surface area contributed by atoms with Gasteiger partial charge in [-0.1, -0.05) is 12.8 Å². The zero-order chi connectivity index (χ0) is 20.1. The van der Waals surface area contributed by atoms with E-state index in [1.165, 1.54) is 4.90 Å². The molecule has 1 aromatic carbocycles. The maximum atomic E-state index is 12.8. The summed E-state index contributed by atoms with van der Waals surface area (Å²) in [5, 5.41) is 2.88. The van der Waals surface area contributed by atoms with Crippen molar-refractivity contribution < 1.29 is 22.8 Å². The Hall–Kier alpha value is -1.48. The summed E-state index contributed by atoms with van der Waals surface area (Å²) in [5.41, 5.74) is 0.619. The van der Waals surface area contributed by atoms with Gasteiger partial charge in [0.25, 0.3) is 5.91 Å². The van der Waals surface area contributed by atoms with Crippen molar-refractivity contribution in [2.75, 3.05) is 38.0 Å². The van der Waals surface area contributed by atoms with E-state index in [0.29, 0.717) is 25.3 Å². The second-order valence-electron chi connectivity index (χ2n) is 7.98. The molecular formula is C20H32N3O4S+. The van der Waals surface area contributed by atoms with Crippen LogP contribution < -0.4 is 10.2 Å². The minimum absolute atomic E-state index is 0.0700. The molecule has 8 heteroatoms. The zero-order valence-electron chi connectivity index (χ0n) is 16.8. The van der Waals surface area contributed by atoms with E-state index < -0.39 is 10.0 Å². The molecule has 1 aromatic rings. The number of ether oxygens (including phenoxy) is 1. The Morgan fingerprint density at radius 2 is 1.64 bits per heavy atom. The summed E-state index contributed by atoms with van der Waals surface area (Å²) in [4.78, 5) is 13.8. The van der Waals surface area contributed by atoms with Crippen LogP contribution in [0.15, 0.2) is 29.2 Å². The molecule has 1 unspecified atom stereocenters. The summed E-state index contributed by atoms with van der Waals surface area (Å²) in [6.07, 6.45) is 4.28. The highest BCUT2D eigenvalue weighted by Gasteiger charge is 2.28. The van der Waals surface area contributed by atoms with Gasteiger partial charge in [0, 0.05) is 18.8 Å². The van der Waals surface area contributed by atoms with Crippen LogP contribution >= 0.6 is 0 Å². The number of hydrogen-bond donors (Lipinski definition) is 2. The monoisotopic (exact) mass is 410 g/mol. The van der Waals surface area contributed by atoms with E-state index in [9.17, 15) is 13.2 Å². The van der Waals surface area contributed by atoms with Gasteiger partial charge in [0.2, 0.25) is 10.0 Å². The maximum absolute atomic E-state index is 12.8. The zero-order valence-corrected chi connectivity index (χ0v) is 17.6. The lowest BCUT2D eigenvalue weighted by atomic mass is 10.2. The largest absolute Gasteiger partial charge is 0.364 e. The fourth-order valence-corrected chi connectivity index (χ4v) is 5.62. The van der Waals surface area contributed by atoms with Gasteiger partial charge >= 0.3 is 0 Å². The van der Waals surface area contributed by atoms with Crippen molar-refractivity contribution in [1.29, 1.82) is 0 Å². The minimum atomic E-state index is -3.46. The first-order valence-corrected chi connectivity index (χ1v) is 11.7. The van der Waals surface area contributed by atoms with Gasteiger partial charge in [-0.15, -0.1) is 0 Å². The molecule has 28 heavy (non-hydrogen) atoms. The van der Waals surface area contributed by atoms with Crippen molar-refractivity contribution in [2.24, 2.45) is 0 Å². The van der Waals surface area contributed by atoms with Crippen molar-refractivity contribution in [1.82, 2.24) is 4.31 Å². The number of benzene rings is 1. The Bertz CT molecular complexity index is 748. The normalized spacial score (nSPS) is 27.1. The number of carbonyl (C=O) groups excluding carboxylic acids is 1. The summed E-state index contributed by atoms with van der Waals surface area (Å²) in [7, 11) is -3.46. The van der Waals surface area contributed by atoms with E-state index in [1.54, 1.807) is 28.6 Å². The number of morpholine rings is 1. The van der Waals surface area contributed by atoms with Gasteiger partial charge in [-0.05, 0) is 51.0 Å². The third kappa shape index (κ3) is 5.53. The van der Waals surface area contributed by atoms with Crippen LogP contribution in [-0.4, -0.2) is 63.6 Å². The van der Waals surface area contributed by atoms with Crippen molar-refractivity contribution in [3.8, 4) is 0 Å². The average molecular weight is 411 g/mol. The smallest absolute Gasteiger partial charge is 0.279 e. The van der Waals surface area contributed by atoms with Crippen molar-refractivity contribution in [3.05, 3.63) is 24.3 Å². The van der Waals surface area contributed by atoms with E-state index in [-0.39, 0.29) is 23.0 Å². The first-order valence-electron chi connectivity index (χ1n) is 10.2. The Morgan fingerprint density at radius 1 is 1.07 bits per heavy atom. The van der Waals surface area contributed by atoms with Crippen LogP contribution in [0.3, 0.4) is 0 Å². The van der Waals surface area contributed by atoms with Gasteiger partial charge < -0.3 is 15.0 Å². The lowest BCUT2D eigenvalue weighted by Crippen LogP contribution is -3.16. The number of nitrogens with one attached hydrogen (secondary N) is 2. The highest BCUT2D eigenvalue weighted by atomic mass is 32.2. The summed E-state index contributed by atoms with van der Waals surface area (Å²) in [6.45, 7) is 7.22. The number of amides is 1. The molecule has 2 N–H and O–H groups in total. The van der Waals surface area contributed by atoms with Gasteiger partial charge in [-0.3, -0.25) is 4.79 Å². The summed E-state index contributed by atoms with van der Waals surface area (Å²) in [6, 6.07) is 6.51. The van der Waals surface area contributed by atoms with Crippen LogP contribution in [0.5, 0.6) is 0 Å². The predicted octanol–water partition coefficient (Wildman–Crippen LogP) is 0.882. The highest BCUT2D eigenvalue weighted by molar-refractivity contribution is 7.89. The molecule has 1 amide bonds. The molecule has 3 rings (SSSR count). The molecule has 0 bridgehead atoms. The molecule has 3 atom stereocenters. The van der Waals surface area contributed by atoms with Gasteiger partial charge in [-0.2, -0.15) is 4.31 Å². The quantitative estimate of drug-likeness (QED) is 0.755. The van der Waals surface area contributed by atoms with Crippen LogP contribution in [0.2, 0.25) is 0 Å². The predicted molar refractivity (Wildman–Crippen MR) is 108 cm³/mol. The van der Waals surface area contributed by atoms with Crippen LogP contribution in [0.25, 0.3) is 0 Å². The highest BCUT2D eigenvalue weighted by Crippen LogP contribution is 2.21. The minimum Gasteiger partial charge on any atom is -0.364 e. The molecule has 7 nitrogen and oxygen atoms in total. The summed E-state index contributed by atoms with van der Waals surface area (Å²) >= 11 is 0. The number of quaternary nitrogens is 1. The Morgan fingerprint density at radius 3 is 2.21 bits per heavy atom. The van der Waals surface area contributed by atoms with Crippen molar-refractivity contribution >= 4 is 21.6 Å². The molecule has 156 valence electrons. The summed E-state index contributed by atoms with van der Waals surface area (Å²) < 4.78 is 32.9. The van der Waals surface area contributed by atoms with Gasteiger partial charge in [0.05, 0.1) is 4.90 Å². The molecule has 2 heterocycles. The van der Waals surface area contributed by atoms with Crippen molar-refractivity contribution in [2.45, 2.75) is 56.6 Å². The molecule has 2 aliphatic heterocycles. The standard InChI is InChI=1S/C20H31N3O4S/c1-16-13-22(14-17(2)27-16)15-20(24)21-18-7-9-19(10-8-18)28(25,26)23-11-5-3-4-6-12-23/h7-10,16-17H,3-6,11-15H2,1-2H3,(H,21,24)/p+1/t16-,17+. The third-order valence-electron chi connectivity index (χ3n) is 5.37. The molecule has 0 saturated carbocycles. The number of sulfonamides is 1. The SMILES string of the molecule is C[C@@H]1C[NH+](CC(=O)Nc2ccc(S(=O)(=O)N3CCCCCC3)cc2)C[C@H](C)O1. The van der Waals surface area contributed by atoms with Crippen LogP contribution in [0.1, 0.15) is 39.5 Å². The summed E-state index contributed by atoms with van der Waals surface area (Å²) in [5.74, 6) is -0.0700. The number of nitrogens with zero attached hydrogens (tertiary/aromatic N) is 1. The lowest BCUT2D eigenvalue weighted by Gasteiger charge is -2.31. The lowest BCUT2D eigenvalue weighted by molar-refractivity contribution is -0.907. The van der Waals surface area contributed by atoms with Crippen LogP contribution in [0.4, 0.5) is 5.69 Å². The molecule has 0 aromatic heterocycles. The number of rotatable bonds is 5. The average Bonchev–Trinajstić information content (AvgIpc) is 2.91. The third-order valence-corrected chi connectivity index (χ3v) is 7.28. The maximum Gasteiger partial charge on any atom is 0.279 e. The Balaban J connectivity index is 1.58. The fraction of sp³-hybridized carbons (Fsp3) is 0.650. The topological polar surface area (TPSA) is 80.2 Å². The molecule has 2 saturated heterocycles. The van der Waals surface area contributed by atoms with E-state index in [0.717, 1.165) is 38.8 Å². The molecular weight excluding hydrogens is 378 g/mol. The number of anilines is 1. The van der Waals surface area contributed by atoms with Crippen LogP contribution in [0, 0.1) is 0 Å². The first-order chi connectivity index (χ1) is 13.3. The fourth-order valence-electron chi connectivity index (χ4n) is 4.11. The Kier molecular flexibility index (Phi) is 7.09. The van der Waals surface area contributed by atoms with Gasteiger partial charge in [0.1, 0.15) is 25.3 Å². The second-order valence-corrected chi connectivity index (χ2v) is 9.92. The van der Waals surface area contributed by atoms with Crippen LogP contribution in [-0.2, 0) is 19.6 Å². The molecule has 0 aliphatic carbocycles. The molecule has 0 radical (unpaired) electrons. The first kappa shape index (κ1) is 21.2. The van der Waals surface area contributed by atoms with E-state index in [2.05, 4.69) is 5.32 Å². The van der Waals surface area contributed by atoms with Gasteiger partial charge in [-0.25, -0.2) is 8.42 Å². The van der Waals surface area contributed by atoms with E-state index in [4.69, 9.17) is 4.74 Å².